The zero-order valence-electron chi connectivity index (χ0n) is 16.0. The van der Waals surface area contributed by atoms with Crippen molar-refractivity contribution in [2.24, 2.45) is 0 Å². The van der Waals surface area contributed by atoms with Gasteiger partial charge in [0.25, 0.3) is 0 Å². The van der Waals surface area contributed by atoms with Gasteiger partial charge < -0.3 is 19.5 Å². The Bertz CT molecular complexity index is 844. The summed E-state index contributed by atoms with van der Waals surface area (Å²) in [4.78, 5) is 12.4. The Kier molecular flexibility index (Phi) is 6.01. The molecule has 1 aliphatic rings. The van der Waals surface area contributed by atoms with E-state index in [0.29, 0.717) is 24.7 Å². The minimum Gasteiger partial charge on any atom is -0.493 e. The first-order valence-electron chi connectivity index (χ1n) is 9.28. The van der Waals surface area contributed by atoms with Gasteiger partial charge in [-0.05, 0) is 39.0 Å². The molecule has 1 heterocycles. The number of carbonyl (C=O) groups is 1. The lowest BCUT2D eigenvalue weighted by Crippen LogP contribution is -2.10. The number of hydrogen-bond acceptors (Lipinski definition) is 4. The molecule has 1 amide bonds. The van der Waals surface area contributed by atoms with E-state index in [0.717, 1.165) is 29.0 Å². The molecule has 0 aromatic heterocycles. The highest BCUT2D eigenvalue weighted by atomic mass is 16.5. The summed E-state index contributed by atoms with van der Waals surface area (Å²) in [7, 11) is 0. The van der Waals surface area contributed by atoms with Crippen LogP contribution in [0.3, 0.4) is 0 Å². The Morgan fingerprint density at radius 3 is 2.70 bits per heavy atom. The van der Waals surface area contributed by atoms with Crippen LogP contribution in [0.1, 0.15) is 31.9 Å². The van der Waals surface area contributed by atoms with Gasteiger partial charge in [0.2, 0.25) is 5.91 Å². The van der Waals surface area contributed by atoms with Gasteiger partial charge in [-0.2, -0.15) is 0 Å². The molecule has 27 heavy (non-hydrogen) atoms. The maximum Gasteiger partial charge on any atom is 0.248 e. The molecule has 1 unspecified atom stereocenters. The number of rotatable bonds is 7. The van der Waals surface area contributed by atoms with E-state index in [4.69, 9.17) is 14.2 Å². The van der Waals surface area contributed by atoms with Crippen LogP contribution in [-0.4, -0.2) is 25.2 Å². The van der Waals surface area contributed by atoms with E-state index < -0.39 is 0 Å². The average molecular weight is 367 g/mol. The third-order valence-electron chi connectivity index (χ3n) is 4.19. The fraction of sp³-hybridized carbons (Fsp3) is 0.318. The molecule has 0 radical (unpaired) electrons. The Balaban J connectivity index is 1.77. The molecule has 0 saturated carbocycles. The van der Waals surface area contributed by atoms with Crippen molar-refractivity contribution in [3.8, 4) is 17.2 Å². The number of hydrogen-bond donors (Lipinski definition) is 1. The highest BCUT2D eigenvalue weighted by molar-refractivity contribution is 6.03. The first-order chi connectivity index (χ1) is 13.1. The molecule has 0 aliphatic carbocycles. The molecule has 1 aliphatic heterocycles. The van der Waals surface area contributed by atoms with E-state index >= 15 is 0 Å². The number of fused-ring (bicyclic) bond motifs is 1. The number of nitrogens with one attached hydrogen (secondary N) is 1. The van der Waals surface area contributed by atoms with Gasteiger partial charge in [0, 0.05) is 29.7 Å². The van der Waals surface area contributed by atoms with E-state index in [-0.39, 0.29) is 12.0 Å². The van der Waals surface area contributed by atoms with Crippen LogP contribution in [0.2, 0.25) is 0 Å². The summed E-state index contributed by atoms with van der Waals surface area (Å²) in [6.45, 7) is 6.97. The molecule has 0 bridgehead atoms. The molecule has 5 nitrogen and oxygen atoms in total. The van der Waals surface area contributed by atoms with Crippen molar-refractivity contribution in [2.45, 2.75) is 33.3 Å². The number of carbonyl (C=O) groups excluding carboxylic acids is 1. The van der Waals surface area contributed by atoms with Gasteiger partial charge in [0.15, 0.2) is 0 Å². The number of ether oxygens (including phenoxy) is 3. The van der Waals surface area contributed by atoms with E-state index in [1.807, 2.05) is 57.2 Å². The Labute approximate surface area is 159 Å². The zero-order valence-corrected chi connectivity index (χ0v) is 16.0. The molecule has 1 atom stereocenters. The van der Waals surface area contributed by atoms with Gasteiger partial charge in [-0.15, -0.1) is 0 Å². The van der Waals surface area contributed by atoms with Crippen molar-refractivity contribution in [3.05, 3.63) is 53.6 Å². The molecular weight excluding hydrogens is 342 g/mol. The van der Waals surface area contributed by atoms with Crippen LogP contribution in [0.15, 0.2) is 42.5 Å². The Morgan fingerprint density at radius 2 is 1.93 bits per heavy atom. The summed E-state index contributed by atoms with van der Waals surface area (Å²) in [6, 6.07) is 11.4. The van der Waals surface area contributed by atoms with Gasteiger partial charge in [-0.3, -0.25) is 4.79 Å². The lowest BCUT2D eigenvalue weighted by molar-refractivity contribution is -0.111. The minimum absolute atomic E-state index is 0.135. The topological polar surface area (TPSA) is 56.8 Å². The Hall–Kier alpha value is -2.95. The second-order valence-corrected chi connectivity index (χ2v) is 6.32. The van der Waals surface area contributed by atoms with Crippen molar-refractivity contribution >= 4 is 17.7 Å². The monoisotopic (exact) mass is 367 g/mol. The zero-order chi connectivity index (χ0) is 19.2. The minimum atomic E-state index is -0.242. The molecule has 0 saturated heterocycles. The number of para-hydroxylation sites is 1. The second kappa shape index (κ2) is 8.62. The molecular formula is C22H25NO4. The van der Waals surface area contributed by atoms with Gasteiger partial charge >= 0.3 is 0 Å². The standard InChI is InChI=1S/C22H25NO4/c1-4-25-19-9-7-6-8-16(19)10-11-22(24)23-18-14-20-17(12-15(3)27-20)13-21(18)26-5-2/h6-11,13-15H,4-5,12H2,1-3H3,(H,23,24)/b11-10+. The summed E-state index contributed by atoms with van der Waals surface area (Å²) in [6.07, 6.45) is 4.21. The van der Waals surface area contributed by atoms with Crippen LogP contribution in [0.25, 0.3) is 6.08 Å². The van der Waals surface area contributed by atoms with Gasteiger partial charge in [-0.1, -0.05) is 18.2 Å². The summed E-state index contributed by atoms with van der Waals surface area (Å²) in [5.41, 5.74) is 2.56. The van der Waals surface area contributed by atoms with E-state index in [9.17, 15) is 4.79 Å². The van der Waals surface area contributed by atoms with Crippen molar-refractivity contribution in [2.75, 3.05) is 18.5 Å². The highest BCUT2D eigenvalue weighted by Crippen LogP contribution is 2.38. The van der Waals surface area contributed by atoms with Crippen molar-refractivity contribution in [3.63, 3.8) is 0 Å². The number of amides is 1. The SMILES string of the molecule is CCOc1ccccc1/C=C/C(=O)Nc1cc2c(cc1OCC)CC(C)O2. The third kappa shape index (κ3) is 4.61. The second-order valence-electron chi connectivity index (χ2n) is 6.32. The third-order valence-corrected chi connectivity index (χ3v) is 4.19. The summed E-state index contributed by atoms with van der Waals surface area (Å²) < 4.78 is 17.1. The van der Waals surface area contributed by atoms with Gasteiger partial charge in [-0.25, -0.2) is 0 Å². The number of anilines is 1. The van der Waals surface area contributed by atoms with E-state index in [1.165, 1.54) is 6.08 Å². The van der Waals surface area contributed by atoms with Crippen molar-refractivity contribution in [1.82, 2.24) is 0 Å². The van der Waals surface area contributed by atoms with Crippen LogP contribution in [0.5, 0.6) is 17.2 Å². The molecule has 142 valence electrons. The first kappa shape index (κ1) is 18.8. The summed E-state index contributed by atoms with van der Waals surface area (Å²) in [5, 5.41) is 2.89. The molecule has 3 rings (SSSR count). The fourth-order valence-electron chi connectivity index (χ4n) is 3.06. The molecule has 2 aromatic rings. The van der Waals surface area contributed by atoms with Crippen LogP contribution < -0.4 is 19.5 Å². The summed E-state index contributed by atoms with van der Waals surface area (Å²) >= 11 is 0. The number of benzene rings is 2. The van der Waals surface area contributed by atoms with Crippen molar-refractivity contribution < 1.29 is 19.0 Å². The van der Waals surface area contributed by atoms with E-state index in [1.54, 1.807) is 6.08 Å². The molecule has 0 spiro atoms. The maximum atomic E-state index is 12.4. The van der Waals surface area contributed by atoms with E-state index in [2.05, 4.69) is 5.32 Å². The largest absolute Gasteiger partial charge is 0.493 e. The first-order valence-corrected chi connectivity index (χ1v) is 9.28. The summed E-state index contributed by atoms with van der Waals surface area (Å²) in [5.74, 6) is 1.96. The van der Waals surface area contributed by atoms with Crippen LogP contribution >= 0.6 is 0 Å². The average Bonchev–Trinajstić information content (AvgIpc) is 3.00. The smallest absolute Gasteiger partial charge is 0.248 e. The lowest BCUT2D eigenvalue weighted by atomic mass is 10.1. The van der Waals surface area contributed by atoms with Crippen LogP contribution in [-0.2, 0) is 11.2 Å². The normalized spacial score (nSPS) is 15.3. The van der Waals surface area contributed by atoms with Gasteiger partial charge in [0.1, 0.15) is 23.4 Å². The predicted molar refractivity (Wildman–Crippen MR) is 107 cm³/mol. The Morgan fingerprint density at radius 1 is 1.19 bits per heavy atom. The molecule has 1 N–H and O–H groups in total. The predicted octanol–water partition coefficient (Wildman–Crippen LogP) is 4.46. The van der Waals surface area contributed by atoms with Crippen LogP contribution in [0.4, 0.5) is 5.69 Å². The molecule has 5 heteroatoms. The molecule has 2 aromatic carbocycles. The molecule has 0 fully saturated rings. The van der Waals surface area contributed by atoms with Crippen LogP contribution in [0, 0.1) is 0 Å². The van der Waals surface area contributed by atoms with Gasteiger partial charge in [0.05, 0.1) is 18.9 Å². The maximum absolute atomic E-state index is 12.4. The quantitative estimate of drug-likeness (QED) is 0.734. The van der Waals surface area contributed by atoms with Crippen molar-refractivity contribution in [1.29, 1.82) is 0 Å². The fourth-order valence-corrected chi connectivity index (χ4v) is 3.06. The lowest BCUT2D eigenvalue weighted by Gasteiger charge is -2.13. The highest BCUT2D eigenvalue weighted by Gasteiger charge is 2.22.